The van der Waals surface area contributed by atoms with Crippen molar-refractivity contribution in [2.45, 2.75) is 26.3 Å². The van der Waals surface area contributed by atoms with Gasteiger partial charge in [0, 0.05) is 9.75 Å². The fourth-order valence-corrected chi connectivity index (χ4v) is 2.46. The van der Waals surface area contributed by atoms with Crippen LogP contribution >= 0.6 is 11.3 Å². The lowest BCUT2D eigenvalue weighted by Gasteiger charge is -2.13. The molecular formula is C12H15NO5S. The molecule has 0 spiro atoms. The summed E-state index contributed by atoms with van der Waals surface area (Å²) in [5, 5.41) is 11.3. The Morgan fingerprint density at radius 1 is 1.42 bits per heavy atom. The highest BCUT2D eigenvalue weighted by Gasteiger charge is 2.25. The summed E-state index contributed by atoms with van der Waals surface area (Å²) < 4.78 is 4.39. The van der Waals surface area contributed by atoms with Crippen molar-refractivity contribution in [3.63, 3.8) is 0 Å². The number of carbonyl (C=O) groups is 3. The van der Waals surface area contributed by atoms with E-state index in [1.807, 2.05) is 6.92 Å². The number of amides is 1. The average Bonchev–Trinajstić information content (AvgIpc) is 2.67. The Morgan fingerprint density at radius 3 is 2.47 bits per heavy atom. The van der Waals surface area contributed by atoms with Crippen LogP contribution in [0.25, 0.3) is 0 Å². The number of hydrogen-bond acceptors (Lipinski definition) is 5. The summed E-state index contributed by atoms with van der Waals surface area (Å²) in [6.45, 7) is 3.64. The highest BCUT2D eigenvalue weighted by Crippen LogP contribution is 2.20. The quantitative estimate of drug-likeness (QED) is 0.791. The molecule has 2 N–H and O–H groups in total. The monoisotopic (exact) mass is 285 g/mol. The molecular weight excluding hydrogens is 270 g/mol. The van der Waals surface area contributed by atoms with Gasteiger partial charge in [-0.05, 0) is 19.9 Å². The van der Waals surface area contributed by atoms with Crippen molar-refractivity contribution in [1.82, 2.24) is 5.32 Å². The molecule has 19 heavy (non-hydrogen) atoms. The van der Waals surface area contributed by atoms with Gasteiger partial charge >= 0.3 is 11.9 Å². The van der Waals surface area contributed by atoms with Crippen molar-refractivity contribution in [1.29, 1.82) is 0 Å². The fourth-order valence-electron chi connectivity index (χ4n) is 1.54. The van der Waals surface area contributed by atoms with Gasteiger partial charge in [0.15, 0.2) is 0 Å². The predicted octanol–water partition coefficient (Wildman–Crippen LogP) is 1.11. The van der Waals surface area contributed by atoms with Crippen LogP contribution in [0.1, 0.15) is 26.5 Å². The second-order valence-electron chi connectivity index (χ2n) is 3.97. The first-order valence-electron chi connectivity index (χ1n) is 5.52. The van der Waals surface area contributed by atoms with Crippen LogP contribution in [0.5, 0.6) is 0 Å². The topological polar surface area (TPSA) is 92.7 Å². The number of carboxylic acid groups (broad SMARTS) is 1. The molecule has 1 atom stereocenters. The zero-order chi connectivity index (χ0) is 14.6. The number of methoxy groups -OCH3 is 1. The number of esters is 1. The average molecular weight is 285 g/mol. The summed E-state index contributed by atoms with van der Waals surface area (Å²) >= 11 is 1.45. The van der Waals surface area contributed by atoms with Crippen LogP contribution in [-0.2, 0) is 14.3 Å². The van der Waals surface area contributed by atoms with E-state index < -0.39 is 30.3 Å². The Kier molecular flexibility index (Phi) is 5.05. The molecule has 1 rings (SSSR count). The first-order valence-corrected chi connectivity index (χ1v) is 6.34. The summed E-state index contributed by atoms with van der Waals surface area (Å²) in [5.41, 5.74) is 0.429. The van der Waals surface area contributed by atoms with Gasteiger partial charge in [0.2, 0.25) is 0 Å². The van der Waals surface area contributed by atoms with Crippen LogP contribution in [0.2, 0.25) is 0 Å². The number of aryl methyl sites for hydroxylation is 2. The molecule has 0 fully saturated rings. The second kappa shape index (κ2) is 6.33. The van der Waals surface area contributed by atoms with Crippen LogP contribution in [0.15, 0.2) is 6.07 Å². The Bertz CT molecular complexity index is 508. The molecule has 0 saturated carbocycles. The third-order valence-corrected chi connectivity index (χ3v) is 3.45. The van der Waals surface area contributed by atoms with Crippen LogP contribution in [0, 0.1) is 13.8 Å². The molecule has 0 aliphatic carbocycles. The zero-order valence-corrected chi connectivity index (χ0v) is 11.7. The maximum atomic E-state index is 11.9. The Hall–Kier alpha value is -1.89. The largest absolute Gasteiger partial charge is 0.480 e. The molecule has 0 aromatic carbocycles. The molecule has 0 aliphatic heterocycles. The van der Waals surface area contributed by atoms with Gasteiger partial charge in [0.1, 0.15) is 6.04 Å². The molecule has 104 valence electrons. The molecule has 0 unspecified atom stereocenters. The Labute approximate surface area is 114 Å². The molecule has 7 heteroatoms. The molecule has 1 aromatic rings. The lowest BCUT2D eigenvalue weighted by Crippen LogP contribution is -2.42. The Balaban J connectivity index is 2.79. The molecule has 6 nitrogen and oxygen atoms in total. The normalized spacial score (nSPS) is 11.7. The third-order valence-electron chi connectivity index (χ3n) is 2.49. The summed E-state index contributed by atoms with van der Waals surface area (Å²) in [7, 11) is 1.16. The molecule has 0 bridgehead atoms. The van der Waals surface area contributed by atoms with Crippen LogP contribution in [0.3, 0.4) is 0 Å². The smallest absolute Gasteiger partial charge is 0.326 e. The lowest BCUT2D eigenvalue weighted by molar-refractivity contribution is -0.147. The van der Waals surface area contributed by atoms with E-state index in [9.17, 15) is 14.4 Å². The van der Waals surface area contributed by atoms with E-state index in [0.717, 1.165) is 16.9 Å². The van der Waals surface area contributed by atoms with Crippen molar-refractivity contribution >= 4 is 29.2 Å². The van der Waals surface area contributed by atoms with Gasteiger partial charge in [-0.1, -0.05) is 0 Å². The molecule has 1 heterocycles. The summed E-state index contributed by atoms with van der Waals surface area (Å²) in [6.07, 6.45) is -0.403. The highest BCUT2D eigenvalue weighted by atomic mass is 32.1. The van der Waals surface area contributed by atoms with Crippen molar-refractivity contribution in [2.75, 3.05) is 7.11 Å². The van der Waals surface area contributed by atoms with Gasteiger partial charge in [0.05, 0.1) is 19.1 Å². The number of thiophene rings is 1. The summed E-state index contributed by atoms with van der Waals surface area (Å²) in [5.74, 6) is -2.47. The number of aliphatic carboxylic acids is 1. The molecule has 0 radical (unpaired) electrons. The molecule has 1 amide bonds. The lowest BCUT2D eigenvalue weighted by atomic mass is 10.1. The van der Waals surface area contributed by atoms with Crippen molar-refractivity contribution in [3.05, 3.63) is 21.4 Å². The van der Waals surface area contributed by atoms with Crippen molar-refractivity contribution in [3.8, 4) is 0 Å². The number of hydrogen-bond donors (Lipinski definition) is 2. The summed E-state index contributed by atoms with van der Waals surface area (Å²) in [6, 6.07) is 0.395. The fraction of sp³-hybridized carbons (Fsp3) is 0.417. The first-order chi connectivity index (χ1) is 8.85. The first kappa shape index (κ1) is 15.2. The maximum Gasteiger partial charge on any atom is 0.326 e. The van der Waals surface area contributed by atoms with E-state index in [1.54, 1.807) is 13.0 Å². The van der Waals surface area contributed by atoms with Gasteiger partial charge in [-0.3, -0.25) is 9.59 Å². The van der Waals surface area contributed by atoms with Crippen molar-refractivity contribution in [2.24, 2.45) is 0 Å². The van der Waals surface area contributed by atoms with Gasteiger partial charge in [-0.2, -0.15) is 0 Å². The van der Waals surface area contributed by atoms with E-state index in [-0.39, 0.29) is 0 Å². The van der Waals surface area contributed by atoms with Crippen molar-refractivity contribution < 1.29 is 24.2 Å². The predicted molar refractivity (Wildman–Crippen MR) is 69.3 cm³/mol. The minimum atomic E-state index is -1.29. The molecule has 0 saturated heterocycles. The van der Waals surface area contributed by atoms with E-state index in [2.05, 4.69) is 10.1 Å². The van der Waals surface area contributed by atoms with E-state index in [4.69, 9.17) is 5.11 Å². The van der Waals surface area contributed by atoms with Gasteiger partial charge < -0.3 is 15.2 Å². The number of carbonyl (C=O) groups excluding carboxylic acids is 2. The number of nitrogens with one attached hydrogen (secondary N) is 1. The minimum absolute atomic E-state index is 0.403. The SMILES string of the molecule is COC(=O)C[C@H](NC(=O)c1cc(C)sc1C)C(=O)O. The number of ether oxygens (including phenoxy) is 1. The van der Waals surface area contributed by atoms with E-state index in [1.165, 1.54) is 11.3 Å². The number of carboxylic acids is 1. The van der Waals surface area contributed by atoms with Crippen LogP contribution in [-0.4, -0.2) is 36.1 Å². The highest BCUT2D eigenvalue weighted by molar-refractivity contribution is 7.12. The second-order valence-corrected chi connectivity index (χ2v) is 5.43. The maximum absolute atomic E-state index is 11.9. The van der Waals surface area contributed by atoms with Gasteiger partial charge in [-0.25, -0.2) is 4.79 Å². The Morgan fingerprint density at radius 2 is 2.05 bits per heavy atom. The standard InChI is InChI=1S/C12H15NO5S/c1-6-4-8(7(2)19-6)11(15)13-9(12(16)17)5-10(14)18-3/h4,9H,5H2,1-3H3,(H,13,15)(H,16,17)/t9-/m0/s1. The van der Waals surface area contributed by atoms with Crippen LogP contribution < -0.4 is 5.32 Å². The van der Waals surface area contributed by atoms with Gasteiger partial charge in [0.25, 0.3) is 5.91 Å². The van der Waals surface area contributed by atoms with E-state index >= 15 is 0 Å². The third kappa shape index (κ3) is 4.06. The zero-order valence-electron chi connectivity index (χ0n) is 10.9. The molecule has 1 aromatic heterocycles. The molecule has 0 aliphatic rings. The van der Waals surface area contributed by atoms with E-state index in [0.29, 0.717) is 5.56 Å². The summed E-state index contributed by atoms with van der Waals surface area (Å²) in [4.78, 5) is 35.8. The number of rotatable bonds is 5. The van der Waals surface area contributed by atoms with Gasteiger partial charge in [-0.15, -0.1) is 11.3 Å². The minimum Gasteiger partial charge on any atom is -0.480 e. The van der Waals surface area contributed by atoms with Crippen LogP contribution in [0.4, 0.5) is 0 Å².